The molecule has 0 saturated carbocycles. The van der Waals surface area contributed by atoms with E-state index in [4.69, 9.17) is 21.3 Å². The normalized spacial score (nSPS) is 16.9. The van der Waals surface area contributed by atoms with Crippen LogP contribution < -0.4 is 0 Å². The van der Waals surface area contributed by atoms with E-state index in [1.807, 2.05) is 39.0 Å². The smallest absolute Gasteiger partial charge is 0.142 e. The first-order valence-electron chi connectivity index (χ1n) is 9.04. The molecule has 1 unspecified atom stereocenters. The van der Waals surface area contributed by atoms with Gasteiger partial charge in [-0.25, -0.2) is 9.37 Å². The third kappa shape index (κ3) is 3.49. The highest BCUT2D eigenvalue weighted by Crippen LogP contribution is 2.33. The van der Waals surface area contributed by atoms with E-state index in [0.29, 0.717) is 18.7 Å². The van der Waals surface area contributed by atoms with Gasteiger partial charge in [0.2, 0.25) is 0 Å². The van der Waals surface area contributed by atoms with Gasteiger partial charge in [0.1, 0.15) is 11.6 Å². The predicted octanol–water partition coefficient (Wildman–Crippen LogP) is 4.98. The Morgan fingerprint density at radius 3 is 2.56 bits per heavy atom. The summed E-state index contributed by atoms with van der Waals surface area (Å²) in [5.74, 6) is 0.293. The Bertz CT molecular complexity index is 995. The van der Waals surface area contributed by atoms with Gasteiger partial charge >= 0.3 is 0 Å². The highest BCUT2D eigenvalue weighted by molar-refractivity contribution is 6.30. The molecular formula is C21H21ClFN3O. The highest BCUT2D eigenvalue weighted by atomic mass is 35.5. The fraction of sp³-hybridized carbons (Fsp3) is 0.333. The molecule has 2 aromatic heterocycles. The van der Waals surface area contributed by atoms with E-state index >= 15 is 0 Å². The van der Waals surface area contributed by atoms with Crippen LogP contribution in [-0.4, -0.2) is 27.2 Å². The molecule has 0 radical (unpaired) electrons. The number of aromatic nitrogens is 3. The number of rotatable bonds is 2. The van der Waals surface area contributed by atoms with Crippen molar-refractivity contribution in [3.63, 3.8) is 0 Å². The molecule has 4 nitrogen and oxygen atoms in total. The van der Waals surface area contributed by atoms with Gasteiger partial charge in [0, 0.05) is 34.6 Å². The molecule has 4 rings (SSSR count). The molecule has 0 fully saturated rings. The number of pyridine rings is 1. The van der Waals surface area contributed by atoms with Gasteiger partial charge in [0.15, 0.2) is 0 Å². The molecule has 0 amide bonds. The first-order chi connectivity index (χ1) is 12.9. The Labute approximate surface area is 163 Å². The van der Waals surface area contributed by atoms with Gasteiger partial charge in [0.25, 0.3) is 0 Å². The summed E-state index contributed by atoms with van der Waals surface area (Å²) in [5, 5.41) is 0.110. The van der Waals surface area contributed by atoms with Crippen LogP contribution in [0.3, 0.4) is 0 Å². The van der Waals surface area contributed by atoms with Crippen LogP contribution in [0.15, 0.2) is 30.3 Å². The molecule has 6 heteroatoms. The molecule has 0 spiro atoms. The van der Waals surface area contributed by atoms with E-state index in [2.05, 4.69) is 9.55 Å². The van der Waals surface area contributed by atoms with Crippen LogP contribution in [0.5, 0.6) is 0 Å². The highest BCUT2D eigenvalue weighted by Gasteiger charge is 2.24. The van der Waals surface area contributed by atoms with Crippen molar-refractivity contribution >= 4 is 11.6 Å². The molecule has 1 aliphatic rings. The third-order valence-corrected chi connectivity index (χ3v) is 5.09. The van der Waals surface area contributed by atoms with E-state index < -0.39 is 5.82 Å². The molecule has 1 aliphatic heterocycles. The van der Waals surface area contributed by atoms with Crippen LogP contribution in [0.2, 0.25) is 5.02 Å². The van der Waals surface area contributed by atoms with E-state index in [1.165, 1.54) is 6.07 Å². The maximum Gasteiger partial charge on any atom is 0.142 e. The summed E-state index contributed by atoms with van der Waals surface area (Å²) in [7, 11) is 0. The number of halogens is 2. The average molecular weight is 386 g/mol. The van der Waals surface area contributed by atoms with Crippen LogP contribution in [-0.2, 0) is 17.7 Å². The number of fused-ring (bicyclic) bond motifs is 1. The monoisotopic (exact) mass is 385 g/mol. The summed E-state index contributed by atoms with van der Waals surface area (Å²) in [5.41, 5.74) is 5.65. The molecule has 1 aromatic carbocycles. The molecule has 3 aromatic rings. The lowest BCUT2D eigenvalue weighted by Gasteiger charge is -2.13. The van der Waals surface area contributed by atoms with Crippen LogP contribution in [0.1, 0.15) is 24.0 Å². The summed E-state index contributed by atoms with van der Waals surface area (Å²) >= 11 is 5.87. The lowest BCUT2D eigenvalue weighted by atomic mass is 10.1. The van der Waals surface area contributed by atoms with Crippen molar-refractivity contribution in [2.75, 3.05) is 6.61 Å². The first kappa shape index (κ1) is 18.1. The van der Waals surface area contributed by atoms with Crippen molar-refractivity contribution in [2.45, 2.75) is 39.8 Å². The number of hydrogen-bond acceptors (Lipinski definition) is 3. The van der Waals surface area contributed by atoms with Crippen molar-refractivity contribution in [3.8, 4) is 22.6 Å². The van der Waals surface area contributed by atoms with Gasteiger partial charge in [-0.05, 0) is 51.1 Å². The molecular weight excluding hydrogens is 365 g/mol. The maximum atomic E-state index is 14.1. The van der Waals surface area contributed by atoms with Crippen molar-refractivity contribution in [2.24, 2.45) is 0 Å². The Balaban J connectivity index is 1.94. The summed E-state index contributed by atoms with van der Waals surface area (Å²) in [6, 6.07) is 8.91. The van der Waals surface area contributed by atoms with Crippen molar-refractivity contribution in [3.05, 3.63) is 58.3 Å². The fourth-order valence-electron chi connectivity index (χ4n) is 3.66. The Kier molecular flexibility index (Phi) is 4.74. The lowest BCUT2D eigenvalue weighted by molar-refractivity contribution is 0.0666. The molecule has 1 atom stereocenters. The van der Waals surface area contributed by atoms with Gasteiger partial charge in [0.05, 0.1) is 30.0 Å². The second-order valence-electron chi connectivity index (χ2n) is 7.04. The van der Waals surface area contributed by atoms with Crippen LogP contribution in [0.25, 0.3) is 22.6 Å². The summed E-state index contributed by atoms with van der Waals surface area (Å²) < 4.78 is 22.1. The van der Waals surface area contributed by atoms with E-state index in [1.54, 1.807) is 6.07 Å². The second-order valence-corrected chi connectivity index (χ2v) is 7.45. The lowest BCUT2D eigenvalue weighted by Crippen LogP contribution is -2.15. The van der Waals surface area contributed by atoms with Gasteiger partial charge in [-0.2, -0.15) is 0 Å². The van der Waals surface area contributed by atoms with Gasteiger partial charge < -0.3 is 9.30 Å². The van der Waals surface area contributed by atoms with Crippen molar-refractivity contribution in [1.29, 1.82) is 0 Å². The number of hydrogen-bond donors (Lipinski definition) is 0. The number of aryl methyl sites for hydroxylation is 2. The standard InChI is InChI=1S/C21H21ClFN3O/c1-12-8-16(9-13(2)24-12)20-19-6-7-27-14(3)11-26(19)21(25-20)15-4-5-17(22)18(23)10-15/h4-5,8-10,14H,6-7,11H2,1-3H3. The molecule has 0 bridgehead atoms. The first-order valence-corrected chi connectivity index (χ1v) is 9.42. The van der Waals surface area contributed by atoms with Gasteiger partial charge in [-0.15, -0.1) is 0 Å². The van der Waals surface area contributed by atoms with Crippen molar-refractivity contribution in [1.82, 2.24) is 14.5 Å². The Morgan fingerprint density at radius 1 is 1.11 bits per heavy atom. The number of benzene rings is 1. The van der Waals surface area contributed by atoms with Crippen LogP contribution in [0.4, 0.5) is 4.39 Å². The Morgan fingerprint density at radius 2 is 1.85 bits per heavy atom. The number of nitrogens with zero attached hydrogens (tertiary/aromatic N) is 3. The fourth-order valence-corrected chi connectivity index (χ4v) is 3.78. The average Bonchev–Trinajstić information content (AvgIpc) is 2.83. The number of ether oxygens (including phenoxy) is 1. The summed E-state index contributed by atoms with van der Waals surface area (Å²) in [4.78, 5) is 9.40. The maximum absolute atomic E-state index is 14.1. The minimum absolute atomic E-state index is 0.0603. The topological polar surface area (TPSA) is 39.9 Å². The van der Waals surface area contributed by atoms with E-state index in [0.717, 1.165) is 40.6 Å². The largest absolute Gasteiger partial charge is 0.376 e. The molecule has 0 aliphatic carbocycles. The summed E-state index contributed by atoms with van der Waals surface area (Å²) in [6.45, 7) is 7.31. The minimum atomic E-state index is -0.443. The number of imidazole rings is 1. The SMILES string of the molecule is Cc1cc(-c2nc(-c3ccc(Cl)c(F)c3)n3c2CCOC(C)C3)cc(C)n1. The zero-order chi connectivity index (χ0) is 19.1. The molecule has 140 valence electrons. The molecule has 0 saturated heterocycles. The predicted molar refractivity (Wildman–Crippen MR) is 104 cm³/mol. The third-order valence-electron chi connectivity index (χ3n) is 4.79. The zero-order valence-electron chi connectivity index (χ0n) is 15.6. The molecule has 27 heavy (non-hydrogen) atoms. The second kappa shape index (κ2) is 7.06. The van der Waals surface area contributed by atoms with Gasteiger partial charge in [-0.3, -0.25) is 4.98 Å². The Hall–Kier alpha value is -2.24. The zero-order valence-corrected chi connectivity index (χ0v) is 16.3. The van der Waals surface area contributed by atoms with E-state index in [9.17, 15) is 4.39 Å². The summed E-state index contributed by atoms with van der Waals surface area (Å²) in [6.07, 6.45) is 0.813. The van der Waals surface area contributed by atoms with Crippen molar-refractivity contribution < 1.29 is 9.13 Å². The van der Waals surface area contributed by atoms with Crippen LogP contribution in [0, 0.1) is 19.7 Å². The minimum Gasteiger partial charge on any atom is -0.376 e. The van der Waals surface area contributed by atoms with E-state index in [-0.39, 0.29) is 11.1 Å². The quantitative estimate of drug-likeness (QED) is 0.624. The van der Waals surface area contributed by atoms with Crippen LogP contribution >= 0.6 is 11.6 Å². The van der Waals surface area contributed by atoms with Gasteiger partial charge in [-0.1, -0.05) is 11.6 Å². The molecule has 3 heterocycles. The molecule has 0 N–H and O–H groups in total.